The molecule has 0 saturated carbocycles. The molecule has 0 aromatic heterocycles. The van der Waals surface area contributed by atoms with E-state index in [1.807, 2.05) is 39.0 Å². The summed E-state index contributed by atoms with van der Waals surface area (Å²) in [4.78, 5) is 13.9. The largest absolute Gasteiger partial charge is 0.444 e. The number of piperidine rings is 1. The van der Waals surface area contributed by atoms with Crippen LogP contribution in [0.2, 0.25) is 5.02 Å². The molecule has 0 spiro atoms. The summed E-state index contributed by atoms with van der Waals surface area (Å²) in [6.45, 7) is 9.25. The van der Waals surface area contributed by atoms with E-state index in [4.69, 9.17) is 16.3 Å². The van der Waals surface area contributed by atoms with E-state index in [1.165, 1.54) is 0 Å². The van der Waals surface area contributed by atoms with Crippen LogP contribution in [0.15, 0.2) is 24.3 Å². The first-order chi connectivity index (χ1) is 10.8. The third-order valence-electron chi connectivity index (χ3n) is 4.00. The highest BCUT2D eigenvalue weighted by Crippen LogP contribution is 2.24. The number of amides is 1. The first-order valence-electron chi connectivity index (χ1n) is 8.24. The molecule has 1 atom stereocenters. The Hall–Kier alpha value is -1.26. The number of benzene rings is 1. The molecule has 0 unspecified atom stereocenters. The summed E-state index contributed by atoms with van der Waals surface area (Å²) in [7, 11) is 0. The zero-order valence-electron chi connectivity index (χ0n) is 14.4. The molecule has 1 aromatic carbocycles. The molecule has 1 saturated heterocycles. The summed E-state index contributed by atoms with van der Waals surface area (Å²) >= 11 is 6.25. The summed E-state index contributed by atoms with van der Waals surface area (Å²) in [5, 5.41) is 4.41. The van der Waals surface area contributed by atoms with Crippen molar-refractivity contribution in [2.24, 2.45) is 0 Å². The van der Waals surface area contributed by atoms with E-state index in [2.05, 4.69) is 18.3 Å². The van der Waals surface area contributed by atoms with Gasteiger partial charge < -0.3 is 15.0 Å². The number of halogens is 1. The average Bonchev–Trinajstić information content (AvgIpc) is 2.46. The first kappa shape index (κ1) is 18.1. The number of nitrogens with one attached hydrogen (secondary N) is 1. The van der Waals surface area contributed by atoms with Crippen LogP contribution in [0.5, 0.6) is 0 Å². The van der Waals surface area contributed by atoms with Crippen LogP contribution in [-0.4, -0.2) is 35.7 Å². The number of hydrogen-bond donors (Lipinski definition) is 1. The Morgan fingerprint density at radius 3 is 2.48 bits per heavy atom. The molecular weight excluding hydrogens is 312 g/mol. The quantitative estimate of drug-likeness (QED) is 0.888. The Kier molecular flexibility index (Phi) is 5.93. The predicted molar refractivity (Wildman–Crippen MR) is 93.8 cm³/mol. The van der Waals surface area contributed by atoms with Crippen molar-refractivity contribution in [1.29, 1.82) is 0 Å². The van der Waals surface area contributed by atoms with Gasteiger partial charge in [-0.2, -0.15) is 0 Å². The maximum Gasteiger partial charge on any atom is 0.410 e. The third kappa shape index (κ3) is 5.40. The zero-order chi connectivity index (χ0) is 17.0. The zero-order valence-corrected chi connectivity index (χ0v) is 15.2. The average molecular weight is 339 g/mol. The lowest BCUT2D eigenvalue weighted by Gasteiger charge is -2.35. The minimum atomic E-state index is -0.440. The van der Waals surface area contributed by atoms with Crippen LogP contribution in [0.3, 0.4) is 0 Å². The van der Waals surface area contributed by atoms with Crippen LogP contribution in [0, 0.1) is 0 Å². The molecule has 1 amide bonds. The lowest BCUT2D eigenvalue weighted by Crippen LogP contribution is -2.47. The first-order valence-corrected chi connectivity index (χ1v) is 8.62. The molecule has 0 radical (unpaired) electrons. The van der Waals surface area contributed by atoms with Gasteiger partial charge in [0.15, 0.2) is 0 Å². The highest BCUT2D eigenvalue weighted by atomic mass is 35.5. The summed E-state index contributed by atoms with van der Waals surface area (Å²) in [6.07, 6.45) is 1.64. The Bertz CT molecular complexity index is 534. The minimum absolute atomic E-state index is 0.196. The highest BCUT2D eigenvalue weighted by molar-refractivity contribution is 6.31. The summed E-state index contributed by atoms with van der Waals surface area (Å²) < 4.78 is 5.43. The van der Waals surface area contributed by atoms with Crippen molar-refractivity contribution in [3.8, 4) is 0 Å². The molecule has 0 bridgehead atoms. The van der Waals surface area contributed by atoms with Crippen molar-refractivity contribution >= 4 is 17.7 Å². The fourth-order valence-corrected chi connectivity index (χ4v) is 3.12. The van der Waals surface area contributed by atoms with Crippen LogP contribution in [0.25, 0.3) is 0 Å². The monoisotopic (exact) mass is 338 g/mol. The maximum atomic E-state index is 12.1. The molecule has 1 aliphatic rings. The maximum absolute atomic E-state index is 12.1. The van der Waals surface area contributed by atoms with Crippen LogP contribution in [-0.2, 0) is 4.74 Å². The molecule has 5 heteroatoms. The number of nitrogens with zero attached hydrogens (tertiary/aromatic N) is 1. The van der Waals surface area contributed by atoms with Gasteiger partial charge >= 0.3 is 6.09 Å². The van der Waals surface area contributed by atoms with Gasteiger partial charge in [0, 0.05) is 30.2 Å². The number of carbonyl (C=O) groups is 1. The number of hydrogen-bond acceptors (Lipinski definition) is 3. The predicted octanol–water partition coefficient (Wildman–Crippen LogP) is 4.39. The fourth-order valence-electron chi connectivity index (χ4n) is 2.82. The van der Waals surface area contributed by atoms with Crippen LogP contribution in [0.4, 0.5) is 4.79 Å². The van der Waals surface area contributed by atoms with E-state index < -0.39 is 5.60 Å². The van der Waals surface area contributed by atoms with Crippen molar-refractivity contribution in [3.63, 3.8) is 0 Å². The lowest BCUT2D eigenvalue weighted by molar-refractivity contribution is 0.0196. The summed E-state index contributed by atoms with van der Waals surface area (Å²) in [5.74, 6) is 0. The highest BCUT2D eigenvalue weighted by Gasteiger charge is 2.27. The summed E-state index contributed by atoms with van der Waals surface area (Å²) in [5.41, 5.74) is 0.675. The second kappa shape index (κ2) is 7.54. The van der Waals surface area contributed by atoms with Gasteiger partial charge in [0.25, 0.3) is 0 Å². The van der Waals surface area contributed by atoms with Gasteiger partial charge in [0.1, 0.15) is 5.60 Å². The molecule has 23 heavy (non-hydrogen) atoms. The van der Waals surface area contributed by atoms with Gasteiger partial charge in [0.2, 0.25) is 0 Å². The smallest absolute Gasteiger partial charge is 0.410 e. The number of rotatable bonds is 3. The minimum Gasteiger partial charge on any atom is -0.444 e. The van der Waals surface area contributed by atoms with Crippen molar-refractivity contribution in [3.05, 3.63) is 34.9 Å². The second-order valence-electron chi connectivity index (χ2n) is 7.15. The number of ether oxygens (including phenoxy) is 1. The Morgan fingerprint density at radius 2 is 1.91 bits per heavy atom. The number of likely N-dealkylation sites (tertiary alicyclic amines) is 1. The Morgan fingerprint density at radius 1 is 1.30 bits per heavy atom. The van der Waals surface area contributed by atoms with Crippen molar-refractivity contribution < 1.29 is 9.53 Å². The summed E-state index contributed by atoms with van der Waals surface area (Å²) in [6, 6.07) is 8.50. The number of carbonyl (C=O) groups excluding carboxylic acids is 1. The van der Waals surface area contributed by atoms with E-state index >= 15 is 0 Å². The molecule has 1 aliphatic heterocycles. The Balaban J connectivity index is 1.83. The van der Waals surface area contributed by atoms with Crippen molar-refractivity contribution in [2.45, 2.75) is 58.2 Å². The molecule has 2 rings (SSSR count). The molecule has 1 N–H and O–H groups in total. The lowest BCUT2D eigenvalue weighted by atomic mass is 10.0. The van der Waals surface area contributed by atoms with Gasteiger partial charge in [-0.05, 0) is 52.2 Å². The van der Waals surface area contributed by atoms with Gasteiger partial charge in [-0.3, -0.25) is 0 Å². The fraction of sp³-hybridized carbons (Fsp3) is 0.611. The van der Waals surface area contributed by atoms with Gasteiger partial charge in [0.05, 0.1) is 0 Å². The normalized spacial score (nSPS) is 17.9. The molecule has 1 fully saturated rings. The van der Waals surface area contributed by atoms with E-state index in [1.54, 1.807) is 4.90 Å². The molecule has 1 aromatic rings. The van der Waals surface area contributed by atoms with E-state index in [9.17, 15) is 4.79 Å². The Labute approximate surface area is 144 Å². The SMILES string of the molecule is C[C@H](NC1CCN(C(=O)OC(C)(C)C)CC1)c1ccccc1Cl. The van der Waals surface area contributed by atoms with Gasteiger partial charge in [-0.15, -0.1) is 0 Å². The van der Waals surface area contributed by atoms with E-state index in [0.717, 1.165) is 36.5 Å². The van der Waals surface area contributed by atoms with Crippen LogP contribution >= 0.6 is 11.6 Å². The van der Waals surface area contributed by atoms with Crippen LogP contribution < -0.4 is 5.32 Å². The molecular formula is C18H27ClN2O2. The van der Waals surface area contributed by atoms with Crippen molar-refractivity contribution in [1.82, 2.24) is 10.2 Å². The van der Waals surface area contributed by atoms with E-state index in [-0.39, 0.29) is 12.1 Å². The third-order valence-corrected chi connectivity index (χ3v) is 4.35. The second-order valence-corrected chi connectivity index (χ2v) is 7.56. The molecule has 1 heterocycles. The van der Waals surface area contributed by atoms with Gasteiger partial charge in [-0.25, -0.2) is 4.79 Å². The van der Waals surface area contributed by atoms with Gasteiger partial charge in [-0.1, -0.05) is 29.8 Å². The molecule has 128 valence electrons. The van der Waals surface area contributed by atoms with Crippen LogP contribution in [0.1, 0.15) is 52.1 Å². The molecule has 4 nitrogen and oxygen atoms in total. The standard InChI is InChI=1S/C18H27ClN2O2/c1-13(15-7-5-6-8-16(15)19)20-14-9-11-21(12-10-14)17(22)23-18(2,3)4/h5-8,13-14,20H,9-12H2,1-4H3/t13-/m0/s1. The van der Waals surface area contributed by atoms with Crippen molar-refractivity contribution in [2.75, 3.05) is 13.1 Å². The van der Waals surface area contributed by atoms with E-state index in [0.29, 0.717) is 6.04 Å². The molecule has 0 aliphatic carbocycles. The topological polar surface area (TPSA) is 41.6 Å².